The van der Waals surface area contributed by atoms with Crippen molar-refractivity contribution >= 4 is 21.8 Å². The molecule has 4 nitrogen and oxygen atoms in total. The van der Waals surface area contributed by atoms with Gasteiger partial charge in [-0.15, -0.1) is 0 Å². The maximum Gasteiger partial charge on any atom is 0.253 e. The summed E-state index contributed by atoms with van der Waals surface area (Å²) in [5, 5.41) is 19.6. The summed E-state index contributed by atoms with van der Waals surface area (Å²) < 4.78 is 0. The predicted octanol–water partition coefficient (Wildman–Crippen LogP) is 2.34. The zero-order valence-electron chi connectivity index (χ0n) is 9.97. The Morgan fingerprint density at radius 2 is 1.94 bits per heavy atom. The minimum absolute atomic E-state index is 0.0849. The fourth-order valence-electron chi connectivity index (χ4n) is 2.13. The van der Waals surface area contributed by atoms with Gasteiger partial charge in [0.1, 0.15) is 0 Å². The third kappa shape index (κ3) is 2.77. The van der Waals surface area contributed by atoms with Crippen LogP contribution in [0.4, 0.5) is 0 Å². The van der Waals surface area contributed by atoms with Crippen LogP contribution in [0.15, 0.2) is 18.2 Å². The fourth-order valence-corrected chi connectivity index (χ4v) is 2.78. The molecule has 1 saturated heterocycles. The van der Waals surface area contributed by atoms with E-state index in [2.05, 4.69) is 15.9 Å². The quantitative estimate of drug-likeness (QED) is 0.651. The monoisotopic (exact) mass is 313 g/mol. The van der Waals surface area contributed by atoms with Crippen molar-refractivity contribution in [3.63, 3.8) is 0 Å². The molecule has 5 heteroatoms. The van der Waals surface area contributed by atoms with E-state index in [4.69, 9.17) is 0 Å². The Bertz CT molecular complexity index is 442. The van der Waals surface area contributed by atoms with Crippen molar-refractivity contribution in [3.8, 4) is 11.5 Å². The van der Waals surface area contributed by atoms with Gasteiger partial charge < -0.3 is 15.1 Å². The molecule has 1 aromatic rings. The van der Waals surface area contributed by atoms with Crippen molar-refractivity contribution in [2.45, 2.75) is 12.8 Å². The second kappa shape index (κ2) is 5.61. The van der Waals surface area contributed by atoms with Gasteiger partial charge in [-0.2, -0.15) is 0 Å². The lowest BCUT2D eigenvalue weighted by Crippen LogP contribution is -2.38. The van der Waals surface area contributed by atoms with Crippen LogP contribution in [0.3, 0.4) is 0 Å². The highest BCUT2D eigenvalue weighted by Gasteiger charge is 2.23. The molecule has 2 rings (SSSR count). The fraction of sp³-hybridized carbons (Fsp3) is 0.462. The third-order valence-corrected chi connectivity index (χ3v) is 4.26. The molecule has 0 radical (unpaired) electrons. The molecular weight excluding hydrogens is 298 g/mol. The number of aromatic hydroxyl groups is 2. The molecule has 98 valence electrons. The lowest BCUT2D eigenvalue weighted by molar-refractivity contribution is 0.0698. The van der Waals surface area contributed by atoms with E-state index in [1.54, 1.807) is 4.90 Å². The SMILES string of the molecule is O=C(c1ccc(O)c(O)c1)N1CCC(CBr)CC1. The Labute approximate surface area is 114 Å². The van der Waals surface area contributed by atoms with Gasteiger partial charge in [0.05, 0.1) is 0 Å². The van der Waals surface area contributed by atoms with E-state index in [0.717, 1.165) is 31.3 Å². The van der Waals surface area contributed by atoms with Crippen LogP contribution in [0.5, 0.6) is 11.5 Å². The molecule has 0 unspecified atom stereocenters. The molecule has 1 heterocycles. The van der Waals surface area contributed by atoms with Crippen molar-refractivity contribution in [2.24, 2.45) is 5.92 Å². The Hall–Kier alpha value is -1.23. The smallest absolute Gasteiger partial charge is 0.253 e. The number of benzene rings is 1. The third-order valence-electron chi connectivity index (χ3n) is 3.34. The van der Waals surface area contributed by atoms with E-state index >= 15 is 0 Å². The van der Waals surface area contributed by atoms with Crippen LogP contribution >= 0.6 is 15.9 Å². The normalized spacial score (nSPS) is 16.8. The Morgan fingerprint density at radius 1 is 1.28 bits per heavy atom. The molecule has 0 bridgehead atoms. The maximum atomic E-state index is 12.2. The van der Waals surface area contributed by atoms with Crippen molar-refractivity contribution in [1.82, 2.24) is 4.90 Å². The van der Waals surface area contributed by atoms with Gasteiger partial charge in [-0.1, -0.05) is 15.9 Å². The number of carbonyl (C=O) groups is 1. The first-order valence-electron chi connectivity index (χ1n) is 5.99. The zero-order valence-corrected chi connectivity index (χ0v) is 11.6. The van der Waals surface area contributed by atoms with Crippen LogP contribution in [0.1, 0.15) is 23.2 Å². The van der Waals surface area contributed by atoms with Gasteiger partial charge in [0.15, 0.2) is 11.5 Å². The summed E-state index contributed by atoms with van der Waals surface area (Å²) in [5.41, 5.74) is 0.419. The minimum atomic E-state index is -0.254. The number of amides is 1. The van der Waals surface area contributed by atoms with Crippen molar-refractivity contribution in [3.05, 3.63) is 23.8 Å². The number of likely N-dealkylation sites (tertiary alicyclic amines) is 1. The summed E-state index contributed by atoms with van der Waals surface area (Å²) in [6.45, 7) is 1.49. The van der Waals surface area contributed by atoms with Gasteiger partial charge in [0.25, 0.3) is 5.91 Å². The number of nitrogens with zero attached hydrogens (tertiary/aromatic N) is 1. The summed E-state index contributed by atoms with van der Waals surface area (Å²) in [7, 11) is 0. The second-order valence-corrected chi connectivity index (χ2v) is 5.24. The van der Waals surface area contributed by atoms with E-state index in [9.17, 15) is 15.0 Å². The number of piperidine rings is 1. The lowest BCUT2D eigenvalue weighted by Gasteiger charge is -2.31. The van der Waals surface area contributed by atoms with Gasteiger partial charge in [0, 0.05) is 24.0 Å². The largest absolute Gasteiger partial charge is 0.504 e. The number of carbonyl (C=O) groups excluding carboxylic acids is 1. The molecule has 0 aromatic heterocycles. The van der Waals surface area contributed by atoms with Crippen molar-refractivity contribution in [1.29, 1.82) is 0 Å². The topological polar surface area (TPSA) is 60.8 Å². The molecule has 1 aliphatic heterocycles. The molecule has 0 atom stereocenters. The van der Waals surface area contributed by atoms with Gasteiger partial charge in [-0.3, -0.25) is 4.79 Å². The standard InChI is InChI=1S/C13H16BrNO3/c14-8-9-3-5-15(6-4-9)13(18)10-1-2-11(16)12(17)7-10/h1-2,7,9,16-17H,3-6,8H2. The highest BCUT2D eigenvalue weighted by molar-refractivity contribution is 9.09. The van der Waals surface area contributed by atoms with Crippen LogP contribution in [-0.2, 0) is 0 Å². The Kier molecular flexibility index (Phi) is 4.11. The first-order valence-corrected chi connectivity index (χ1v) is 7.11. The number of phenolic OH excluding ortho intramolecular Hbond substituents is 2. The van der Waals surface area contributed by atoms with Crippen LogP contribution in [-0.4, -0.2) is 39.4 Å². The number of phenols is 2. The Morgan fingerprint density at radius 3 is 2.50 bits per heavy atom. The van der Waals surface area contributed by atoms with E-state index in [0.29, 0.717) is 11.5 Å². The van der Waals surface area contributed by atoms with Crippen LogP contribution < -0.4 is 0 Å². The van der Waals surface area contributed by atoms with E-state index in [-0.39, 0.29) is 17.4 Å². The first-order chi connectivity index (χ1) is 8.61. The van der Waals surface area contributed by atoms with Crippen LogP contribution in [0, 0.1) is 5.92 Å². The summed E-state index contributed by atoms with van der Waals surface area (Å²) in [6, 6.07) is 4.19. The van der Waals surface area contributed by atoms with Crippen molar-refractivity contribution in [2.75, 3.05) is 18.4 Å². The number of alkyl halides is 1. The molecule has 1 aromatic carbocycles. The first kappa shape index (κ1) is 13.2. The van der Waals surface area contributed by atoms with Crippen LogP contribution in [0.2, 0.25) is 0 Å². The molecular formula is C13H16BrNO3. The summed E-state index contributed by atoms with van der Waals surface area (Å²) in [4.78, 5) is 14.0. The number of hydrogen-bond acceptors (Lipinski definition) is 3. The maximum absolute atomic E-state index is 12.2. The molecule has 1 amide bonds. The molecule has 0 spiro atoms. The van der Waals surface area contributed by atoms with Gasteiger partial charge in [-0.25, -0.2) is 0 Å². The second-order valence-electron chi connectivity index (χ2n) is 4.59. The molecule has 1 fully saturated rings. The number of halogens is 1. The van der Waals surface area contributed by atoms with Gasteiger partial charge >= 0.3 is 0 Å². The summed E-state index contributed by atoms with van der Waals surface area (Å²) in [6.07, 6.45) is 2.00. The highest BCUT2D eigenvalue weighted by atomic mass is 79.9. The summed E-state index contributed by atoms with van der Waals surface area (Å²) in [5.74, 6) is 0.0985. The number of rotatable bonds is 2. The molecule has 18 heavy (non-hydrogen) atoms. The molecule has 2 N–H and O–H groups in total. The zero-order chi connectivity index (χ0) is 13.1. The number of hydrogen-bond donors (Lipinski definition) is 2. The van der Waals surface area contributed by atoms with Crippen molar-refractivity contribution < 1.29 is 15.0 Å². The summed E-state index contributed by atoms with van der Waals surface area (Å²) >= 11 is 3.47. The van der Waals surface area contributed by atoms with Gasteiger partial charge in [0.2, 0.25) is 0 Å². The average Bonchev–Trinajstić information content (AvgIpc) is 2.41. The van der Waals surface area contributed by atoms with E-state index < -0.39 is 0 Å². The molecule has 0 aliphatic carbocycles. The minimum Gasteiger partial charge on any atom is -0.504 e. The van der Waals surface area contributed by atoms with Gasteiger partial charge in [-0.05, 0) is 37.0 Å². The van der Waals surface area contributed by atoms with E-state index in [1.807, 2.05) is 0 Å². The Balaban J connectivity index is 2.05. The highest BCUT2D eigenvalue weighted by Crippen LogP contribution is 2.26. The van der Waals surface area contributed by atoms with E-state index in [1.165, 1.54) is 18.2 Å². The molecule has 0 saturated carbocycles. The van der Waals surface area contributed by atoms with Crippen LogP contribution in [0.25, 0.3) is 0 Å². The molecule has 1 aliphatic rings. The predicted molar refractivity (Wildman–Crippen MR) is 72.2 cm³/mol. The lowest BCUT2D eigenvalue weighted by atomic mass is 9.98. The average molecular weight is 314 g/mol.